The quantitative estimate of drug-likeness (QED) is 0.796. The van der Waals surface area contributed by atoms with E-state index in [1.807, 2.05) is 0 Å². The second-order valence-electron chi connectivity index (χ2n) is 7.62. The predicted molar refractivity (Wildman–Crippen MR) is 80.0 cm³/mol. The van der Waals surface area contributed by atoms with E-state index in [1.54, 1.807) is 14.2 Å². The van der Waals surface area contributed by atoms with Crippen LogP contribution in [0, 0.1) is 5.92 Å². The summed E-state index contributed by atoms with van der Waals surface area (Å²) in [4.78, 5) is 2.44. The van der Waals surface area contributed by atoms with Gasteiger partial charge in [0.2, 0.25) is 0 Å². The van der Waals surface area contributed by atoms with Crippen molar-refractivity contribution in [3.8, 4) is 0 Å². The lowest BCUT2D eigenvalue weighted by atomic mass is 9.72. The number of fused-ring (bicyclic) bond motifs is 2. The summed E-state index contributed by atoms with van der Waals surface area (Å²) >= 11 is 0. The molecule has 0 saturated carbocycles. The zero-order valence-electron chi connectivity index (χ0n) is 14.3. The molecule has 0 aromatic rings. The fraction of sp³-hybridized carbons (Fsp3) is 1.00. The molecular weight excluding hydrogens is 254 g/mol. The van der Waals surface area contributed by atoms with Crippen LogP contribution in [0.4, 0.5) is 0 Å². The summed E-state index contributed by atoms with van der Waals surface area (Å²) in [5, 5.41) is 0. The Kier molecular flexibility index (Phi) is 4.00. The molecule has 0 aromatic carbocycles. The molecule has 0 aromatic heterocycles. The van der Waals surface area contributed by atoms with Crippen LogP contribution in [0.2, 0.25) is 0 Å². The summed E-state index contributed by atoms with van der Waals surface area (Å²) in [7, 11) is 5.77. The molecule has 4 atom stereocenters. The molecule has 2 heterocycles. The first-order valence-electron chi connectivity index (χ1n) is 7.58. The van der Waals surface area contributed by atoms with E-state index in [-0.39, 0.29) is 23.3 Å². The van der Waals surface area contributed by atoms with Crippen molar-refractivity contribution in [1.82, 2.24) is 4.90 Å². The minimum Gasteiger partial charge on any atom is -0.378 e. The average Bonchev–Trinajstić information content (AvgIpc) is 2.57. The van der Waals surface area contributed by atoms with Gasteiger partial charge < -0.3 is 19.1 Å². The monoisotopic (exact) mass is 285 g/mol. The Bertz CT molecular complexity index is 369. The standard InChI is InChI=1S/C16H31NO3/c1-11-12-9-17(6)14(2,3)10-16(20-11,13(12)18-7)15(4,5)19-8/h11-13H,9-10H2,1-8H3. The molecule has 118 valence electrons. The lowest BCUT2D eigenvalue weighted by Crippen LogP contribution is -2.61. The zero-order chi connectivity index (χ0) is 15.3. The SMILES string of the molecule is COC1C2CN(C)C(C)(C)CC1(C(C)(C)OC)OC2C. The Balaban J connectivity index is 2.53. The minimum absolute atomic E-state index is 0.0570. The molecule has 20 heavy (non-hydrogen) atoms. The average molecular weight is 285 g/mol. The smallest absolute Gasteiger partial charge is 0.125 e. The normalized spacial score (nSPS) is 41.7. The predicted octanol–water partition coefficient (Wildman–Crippen LogP) is 2.31. The summed E-state index contributed by atoms with van der Waals surface area (Å²) in [6, 6.07) is 0. The van der Waals surface area contributed by atoms with Gasteiger partial charge in [-0.15, -0.1) is 0 Å². The second-order valence-corrected chi connectivity index (χ2v) is 7.62. The van der Waals surface area contributed by atoms with E-state index in [4.69, 9.17) is 14.2 Å². The van der Waals surface area contributed by atoms with Gasteiger partial charge in [0, 0.05) is 32.2 Å². The number of likely N-dealkylation sites (tertiary alicyclic amines) is 1. The number of hydrogen-bond acceptors (Lipinski definition) is 4. The van der Waals surface area contributed by atoms with E-state index >= 15 is 0 Å². The number of nitrogens with zero attached hydrogens (tertiary/aromatic N) is 1. The van der Waals surface area contributed by atoms with Crippen LogP contribution in [-0.2, 0) is 14.2 Å². The van der Waals surface area contributed by atoms with Crippen LogP contribution in [-0.4, -0.2) is 61.7 Å². The number of rotatable bonds is 3. The van der Waals surface area contributed by atoms with Gasteiger partial charge in [-0.05, 0) is 48.1 Å². The molecule has 4 nitrogen and oxygen atoms in total. The molecule has 0 spiro atoms. The van der Waals surface area contributed by atoms with E-state index < -0.39 is 5.60 Å². The lowest BCUT2D eigenvalue weighted by Gasteiger charge is -2.49. The largest absolute Gasteiger partial charge is 0.378 e. The highest BCUT2D eigenvalue weighted by Gasteiger charge is 2.65. The lowest BCUT2D eigenvalue weighted by molar-refractivity contribution is -0.217. The molecule has 2 rings (SSSR count). The van der Waals surface area contributed by atoms with Crippen molar-refractivity contribution >= 4 is 0 Å². The molecule has 4 heteroatoms. The summed E-state index contributed by atoms with van der Waals surface area (Å²) in [6.07, 6.45) is 1.15. The van der Waals surface area contributed by atoms with Crippen molar-refractivity contribution in [2.75, 3.05) is 27.8 Å². The van der Waals surface area contributed by atoms with E-state index in [9.17, 15) is 0 Å². The third kappa shape index (κ3) is 2.12. The maximum absolute atomic E-state index is 6.52. The summed E-state index contributed by atoms with van der Waals surface area (Å²) in [6.45, 7) is 12.0. The van der Waals surface area contributed by atoms with Gasteiger partial charge in [-0.1, -0.05) is 0 Å². The molecule has 2 bridgehead atoms. The fourth-order valence-corrected chi connectivity index (χ4v) is 4.04. The van der Waals surface area contributed by atoms with Crippen molar-refractivity contribution < 1.29 is 14.2 Å². The van der Waals surface area contributed by atoms with E-state index in [0.29, 0.717) is 5.92 Å². The Labute approximate surface area is 123 Å². The third-order valence-electron chi connectivity index (χ3n) is 5.84. The van der Waals surface area contributed by atoms with Crippen LogP contribution in [0.3, 0.4) is 0 Å². The summed E-state index contributed by atoms with van der Waals surface area (Å²) in [5.74, 6) is 0.376. The molecule has 2 saturated heterocycles. The molecule has 2 fully saturated rings. The Morgan fingerprint density at radius 2 is 1.85 bits per heavy atom. The molecule has 0 radical (unpaired) electrons. The number of hydrogen-bond donors (Lipinski definition) is 0. The van der Waals surface area contributed by atoms with Gasteiger partial charge >= 0.3 is 0 Å². The first kappa shape index (κ1) is 16.2. The maximum Gasteiger partial charge on any atom is 0.125 e. The Hall–Kier alpha value is -0.160. The van der Waals surface area contributed by atoms with Crippen LogP contribution in [0.15, 0.2) is 0 Å². The van der Waals surface area contributed by atoms with Crippen LogP contribution >= 0.6 is 0 Å². The van der Waals surface area contributed by atoms with E-state index in [0.717, 1.165) is 13.0 Å². The number of methoxy groups -OCH3 is 2. The molecule has 0 N–H and O–H groups in total. The second kappa shape index (κ2) is 4.94. The van der Waals surface area contributed by atoms with Gasteiger partial charge in [-0.3, -0.25) is 0 Å². The van der Waals surface area contributed by atoms with E-state index in [2.05, 4.69) is 46.6 Å². The van der Waals surface area contributed by atoms with Crippen molar-refractivity contribution in [3.05, 3.63) is 0 Å². The summed E-state index contributed by atoms with van der Waals surface area (Å²) < 4.78 is 18.3. The van der Waals surface area contributed by atoms with Crippen LogP contribution in [0.1, 0.15) is 41.0 Å². The van der Waals surface area contributed by atoms with Crippen molar-refractivity contribution in [1.29, 1.82) is 0 Å². The van der Waals surface area contributed by atoms with Crippen LogP contribution < -0.4 is 0 Å². The van der Waals surface area contributed by atoms with Gasteiger partial charge in [-0.2, -0.15) is 0 Å². The highest BCUT2D eigenvalue weighted by molar-refractivity contribution is 5.15. The Morgan fingerprint density at radius 1 is 1.25 bits per heavy atom. The molecule has 2 aliphatic rings. The Morgan fingerprint density at radius 3 is 2.35 bits per heavy atom. The fourth-order valence-electron chi connectivity index (χ4n) is 4.04. The zero-order valence-corrected chi connectivity index (χ0v) is 14.3. The van der Waals surface area contributed by atoms with Crippen molar-refractivity contribution in [2.24, 2.45) is 5.92 Å². The first-order valence-corrected chi connectivity index (χ1v) is 7.58. The molecule has 4 unspecified atom stereocenters. The minimum atomic E-state index is -0.408. The molecular formula is C16H31NO3. The van der Waals surface area contributed by atoms with E-state index in [1.165, 1.54) is 0 Å². The molecule has 0 aliphatic carbocycles. The highest BCUT2D eigenvalue weighted by atomic mass is 16.6. The number of ether oxygens (including phenoxy) is 3. The molecule has 0 amide bonds. The van der Waals surface area contributed by atoms with Gasteiger partial charge in [0.15, 0.2) is 0 Å². The van der Waals surface area contributed by atoms with Gasteiger partial charge in [-0.25, -0.2) is 0 Å². The van der Waals surface area contributed by atoms with Gasteiger partial charge in [0.05, 0.1) is 17.8 Å². The van der Waals surface area contributed by atoms with Crippen molar-refractivity contribution in [3.63, 3.8) is 0 Å². The first-order chi connectivity index (χ1) is 9.11. The highest BCUT2D eigenvalue weighted by Crippen LogP contribution is 2.52. The third-order valence-corrected chi connectivity index (χ3v) is 5.84. The maximum atomic E-state index is 6.52. The topological polar surface area (TPSA) is 30.9 Å². The van der Waals surface area contributed by atoms with Gasteiger partial charge in [0.25, 0.3) is 0 Å². The molecule has 2 aliphatic heterocycles. The van der Waals surface area contributed by atoms with Crippen LogP contribution in [0.5, 0.6) is 0 Å². The van der Waals surface area contributed by atoms with Gasteiger partial charge in [0.1, 0.15) is 5.60 Å². The van der Waals surface area contributed by atoms with Crippen LogP contribution in [0.25, 0.3) is 0 Å². The summed E-state index contributed by atoms with van der Waals surface area (Å²) in [5.41, 5.74) is -0.741. The van der Waals surface area contributed by atoms with Crippen molar-refractivity contribution in [2.45, 2.75) is 70.0 Å².